The number of nitrogens with one attached hydrogen (secondary N) is 2. The third-order valence-corrected chi connectivity index (χ3v) is 7.49. The Balaban J connectivity index is 1.91. The van der Waals surface area contributed by atoms with Gasteiger partial charge in [0.1, 0.15) is 17.1 Å². The topological polar surface area (TPSA) is 122 Å². The maximum atomic E-state index is 13.5. The van der Waals surface area contributed by atoms with Crippen LogP contribution in [0.3, 0.4) is 0 Å². The van der Waals surface area contributed by atoms with Crippen LogP contribution in [0.25, 0.3) is 22.4 Å². The Morgan fingerprint density at radius 1 is 1.36 bits per heavy atom. The smallest absolute Gasteiger partial charge is 0.277 e. The van der Waals surface area contributed by atoms with Crippen LogP contribution < -0.4 is 15.0 Å². The van der Waals surface area contributed by atoms with Crippen molar-refractivity contribution >= 4 is 21.1 Å². The van der Waals surface area contributed by atoms with Gasteiger partial charge in [0, 0.05) is 36.0 Å². The first-order chi connectivity index (χ1) is 22.7. The number of nitrogens with zero attached hydrogens (tertiary/aromatic N) is 4. The van der Waals surface area contributed by atoms with Crippen molar-refractivity contribution in [2.24, 2.45) is 6.98 Å². The lowest BCUT2D eigenvalue weighted by molar-refractivity contribution is 0.297. The second-order valence-corrected chi connectivity index (χ2v) is 10.1. The predicted octanol–water partition coefficient (Wildman–Crippen LogP) is 2.83. The summed E-state index contributed by atoms with van der Waals surface area (Å²) >= 11 is 0. The zero-order chi connectivity index (χ0) is 37.8. The molecule has 11 heteroatoms. The van der Waals surface area contributed by atoms with Gasteiger partial charge in [-0.05, 0) is 63.8 Å². The zero-order valence-corrected chi connectivity index (χ0v) is 20.3. The highest BCUT2D eigenvalue weighted by molar-refractivity contribution is 7.89. The summed E-state index contributed by atoms with van der Waals surface area (Å²) in [6.07, 6.45) is -4.92. The molecule has 2 N–H and O–H groups in total. The number of hydrogen-bond acceptors (Lipinski definition) is 7. The minimum atomic E-state index is -4.29. The maximum Gasteiger partial charge on any atom is 0.277 e. The molecular formula is C25H36N6O4S. The maximum absolute atomic E-state index is 13.5. The van der Waals surface area contributed by atoms with Crippen molar-refractivity contribution in [3.05, 3.63) is 34.2 Å². The van der Waals surface area contributed by atoms with E-state index in [0.29, 0.717) is 6.42 Å². The van der Waals surface area contributed by atoms with Crippen molar-refractivity contribution in [3.63, 3.8) is 0 Å². The van der Waals surface area contributed by atoms with Gasteiger partial charge in [0.05, 0.1) is 25.5 Å². The lowest BCUT2D eigenvalue weighted by Crippen LogP contribution is -2.31. The second-order valence-electron chi connectivity index (χ2n) is 8.29. The van der Waals surface area contributed by atoms with Crippen LogP contribution in [0.1, 0.15) is 70.6 Å². The molecular weight excluding hydrogens is 480 g/mol. The highest BCUT2D eigenvalue weighted by atomic mass is 32.2. The largest absolute Gasteiger partial charge is 0.493 e. The Bertz CT molecular complexity index is 1890. The Labute approximate surface area is 231 Å². The highest BCUT2D eigenvalue weighted by Crippen LogP contribution is 2.31. The van der Waals surface area contributed by atoms with Crippen molar-refractivity contribution in [3.8, 4) is 17.1 Å². The summed E-state index contributed by atoms with van der Waals surface area (Å²) in [4.78, 5) is 21.6. The molecule has 1 atom stereocenters. The van der Waals surface area contributed by atoms with Crippen LogP contribution in [0, 0.1) is 0 Å². The number of aromatic amines is 1. The lowest BCUT2D eigenvalue weighted by Gasteiger charge is -2.19. The summed E-state index contributed by atoms with van der Waals surface area (Å²) in [5.74, 6) is -1.20. The molecule has 0 bridgehead atoms. The molecule has 196 valence electrons. The van der Waals surface area contributed by atoms with Crippen molar-refractivity contribution < 1.29 is 32.3 Å². The molecule has 1 unspecified atom stereocenters. The van der Waals surface area contributed by atoms with Gasteiger partial charge in [0.25, 0.3) is 5.56 Å². The van der Waals surface area contributed by atoms with Crippen LogP contribution in [-0.4, -0.2) is 65.8 Å². The molecule has 1 aliphatic heterocycles. The Morgan fingerprint density at radius 2 is 2.25 bits per heavy atom. The number of hydrogen-bond donors (Lipinski definition) is 2. The SMILES string of the molecule is [2H]C([2H])C([2H])([2H])C([2H])([2H])Oc1ccc(S(=O)(=O)NCCC2CCCN2C)cc1-c1nc2c(CC([2H])([2H])C([2H])([2H])[2H])nn(C([2H])([2H])[2H])c2c(=O)[nH]1. The van der Waals surface area contributed by atoms with Crippen LogP contribution in [0.4, 0.5) is 0 Å². The van der Waals surface area contributed by atoms with Crippen molar-refractivity contribution in [1.82, 2.24) is 29.4 Å². The molecule has 0 amide bonds. The monoisotopic (exact) mass is 530 g/mol. The molecule has 0 aliphatic carbocycles. The molecule has 0 radical (unpaired) electrons. The molecule has 2 aromatic heterocycles. The fourth-order valence-corrected chi connectivity index (χ4v) is 5.31. The van der Waals surface area contributed by atoms with E-state index in [-0.39, 0.29) is 17.3 Å². The average Bonchev–Trinajstić information content (AvgIpc) is 3.55. The van der Waals surface area contributed by atoms with E-state index in [1.54, 1.807) is 0 Å². The summed E-state index contributed by atoms with van der Waals surface area (Å²) in [5.41, 5.74) is -3.48. The summed E-state index contributed by atoms with van der Waals surface area (Å²) in [7, 11) is -2.37. The third-order valence-electron chi connectivity index (χ3n) is 6.03. The Hall–Kier alpha value is -2.76. The molecule has 0 spiro atoms. The van der Waals surface area contributed by atoms with Crippen LogP contribution in [-0.2, 0) is 23.4 Å². The number of ether oxygens (including phenoxy) is 1. The minimum absolute atomic E-state index is 0.0479. The molecule has 1 aliphatic rings. The van der Waals surface area contributed by atoms with Gasteiger partial charge in [0.2, 0.25) is 10.0 Å². The number of aryl methyl sites for hydroxylation is 2. The van der Waals surface area contributed by atoms with E-state index in [1.165, 1.54) is 0 Å². The number of sulfonamides is 1. The van der Waals surface area contributed by atoms with Gasteiger partial charge in [-0.2, -0.15) is 5.10 Å². The van der Waals surface area contributed by atoms with Gasteiger partial charge in [-0.15, -0.1) is 0 Å². The second kappa shape index (κ2) is 11.1. The number of aromatic nitrogens is 4. The molecule has 3 heterocycles. The van der Waals surface area contributed by atoms with Crippen LogP contribution in [0.15, 0.2) is 27.9 Å². The normalized spacial score (nSPS) is 24.4. The molecule has 36 heavy (non-hydrogen) atoms. The fourth-order valence-electron chi connectivity index (χ4n) is 4.24. The quantitative estimate of drug-likeness (QED) is 0.391. The van der Waals surface area contributed by atoms with Crippen LogP contribution in [0.5, 0.6) is 5.75 Å². The minimum Gasteiger partial charge on any atom is -0.493 e. The van der Waals surface area contributed by atoms with Gasteiger partial charge in [0.15, 0.2) is 5.52 Å². The zero-order valence-electron chi connectivity index (χ0n) is 33.5. The third kappa shape index (κ3) is 5.47. The fraction of sp³-hybridized carbons (Fsp3) is 0.560. The summed E-state index contributed by atoms with van der Waals surface area (Å²) in [6, 6.07) is 3.02. The molecule has 1 aromatic carbocycles. The summed E-state index contributed by atoms with van der Waals surface area (Å²) in [5, 5.41) is 3.81. The molecule has 3 aromatic rings. The van der Waals surface area contributed by atoms with Gasteiger partial charge in [-0.3, -0.25) is 9.48 Å². The van der Waals surface area contributed by atoms with Crippen LogP contribution >= 0.6 is 0 Å². The number of rotatable bonds is 11. The summed E-state index contributed by atoms with van der Waals surface area (Å²) in [6.45, 7) is -11.2. The molecule has 1 saturated heterocycles. The van der Waals surface area contributed by atoms with Gasteiger partial charge >= 0.3 is 0 Å². The molecule has 10 nitrogen and oxygen atoms in total. The van der Waals surface area contributed by atoms with E-state index in [1.807, 2.05) is 7.05 Å². The van der Waals surface area contributed by atoms with Gasteiger partial charge in [-0.25, -0.2) is 18.1 Å². The molecule has 1 fully saturated rings. The van der Waals surface area contributed by atoms with E-state index >= 15 is 0 Å². The number of fused-ring (bicyclic) bond motifs is 1. The summed E-state index contributed by atoms with van der Waals surface area (Å²) < 4.78 is 144. The standard InChI is InChI=1S/C25H36N6O4S/c1-5-8-20-22-23(31(4)29-20)25(32)28-24(27-22)19-16-18(10-11-21(19)35-15-6-2)36(33,34)26-13-12-17-9-7-14-30(17)3/h10-11,16-17,26H,5-9,12-15H2,1-4H3,(H,27,28,32)/i1D3,2D2,4D3,5D2,6D2,15D2. The molecule has 0 saturated carbocycles. The molecule has 4 rings (SSSR count). The van der Waals surface area contributed by atoms with E-state index in [2.05, 4.69) is 24.7 Å². The van der Waals surface area contributed by atoms with Crippen molar-refractivity contribution in [1.29, 1.82) is 0 Å². The van der Waals surface area contributed by atoms with Crippen molar-refractivity contribution in [2.75, 3.05) is 26.7 Å². The Morgan fingerprint density at radius 3 is 3.00 bits per heavy atom. The van der Waals surface area contributed by atoms with E-state index in [9.17, 15) is 13.2 Å². The van der Waals surface area contributed by atoms with Gasteiger partial charge in [-0.1, -0.05) is 20.1 Å². The number of benzene rings is 1. The number of likely N-dealkylation sites (tertiary alicyclic amines) is 1. The Kier molecular flexibility index (Phi) is 4.22. The first-order valence-electron chi connectivity index (χ1n) is 18.3. The average molecular weight is 531 g/mol. The predicted molar refractivity (Wildman–Crippen MR) is 140 cm³/mol. The lowest BCUT2D eigenvalue weighted by atomic mass is 10.1. The van der Waals surface area contributed by atoms with E-state index in [4.69, 9.17) is 23.9 Å². The highest BCUT2D eigenvalue weighted by Gasteiger charge is 2.23. The van der Waals surface area contributed by atoms with Gasteiger partial charge < -0.3 is 14.6 Å². The first-order valence-corrected chi connectivity index (χ1v) is 12.6. The van der Waals surface area contributed by atoms with Crippen LogP contribution in [0.2, 0.25) is 0 Å². The van der Waals surface area contributed by atoms with Crippen molar-refractivity contribution in [2.45, 2.75) is 63.1 Å². The first kappa shape index (κ1) is 13.7. The number of H-pyrrole nitrogens is 1. The van der Waals surface area contributed by atoms with E-state index < -0.39 is 101 Å². The van der Waals surface area contributed by atoms with E-state index in [0.717, 1.165) is 37.6 Å².